The van der Waals surface area contributed by atoms with E-state index in [4.69, 9.17) is 28.4 Å². The van der Waals surface area contributed by atoms with Crippen LogP contribution in [0.4, 0.5) is 0 Å². The number of aliphatic hydroxyl groups excluding tert-OH is 11. The molecule has 3 fully saturated rings. The van der Waals surface area contributed by atoms with E-state index < -0.39 is 124 Å². The van der Waals surface area contributed by atoms with Gasteiger partial charge in [-0.3, -0.25) is 4.79 Å². The number of aliphatic hydroxyl groups is 11. The second-order valence-corrected chi connectivity index (χ2v) is 22.2. The number of carbonyl (C=O) groups excluding carboxylic acids is 1. The van der Waals surface area contributed by atoms with E-state index in [0.717, 1.165) is 51.4 Å². The summed E-state index contributed by atoms with van der Waals surface area (Å²) in [5.41, 5.74) is 0. The summed E-state index contributed by atoms with van der Waals surface area (Å²) in [7, 11) is 0. The maximum atomic E-state index is 13.2. The maximum Gasteiger partial charge on any atom is 0.220 e. The van der Waals surface area contributed by atoms with E-state index in [1.54, 1.807) is 6.08 Å². The van der Waals surface area contributed by atoms with Gasteiger partial charge in [0.1, 0.15) is 73.2 Å². The van der Waals surface area contributed by atoms with E-state index in [1.165, 1.54) is 141 Å². The molecule has 77 heavy (non-hydrogen) atoms. The number of amides is 1. The van der Waals surface area contributed by atoms with Crippen LogP contribution in [-0.2, 0) is 33.2 Å². The van der Waals surface area contributed by atoms with Crippen LogP contribution in [0.2, 0.25) is 0 Å². The normalized spacial score (nSPS) is 30.7. The lowest BCUT2D eigenvalue weighted by Crippen LogP contribution is -2.66. The molecule has 17 unspecified atom stereocenters. The van der Waals surface area contributed by atoms with Crippen LogP contribution < -0.4 is 5.32 Å². The molecular formula is C58H109NO18. The van der Waals surface area contributed by atoms with Crippen LogP contribution in [0.15, 0.2) is 12.2 Å². The van der Waals surface area contributed by atoms with Crippen molar-refractivity contribution in [1.29, 1.82) is 0 Å². The van der Waals surface area contributed by atoms with Gasteiger partial charge in [0.2, 0.25) is 5.91 Å². The molecule has 0 saturated carbocycles. The third-order valence-corrected chi connectivity index (χ3v) is 15.6. The third-order valence-electron chi connectivity index (χ3n) is 15.6. The lowest BCUT2D eigenvalue weighted by molar-refractivity contribution is -0.379. The molecule has 0 aromatic heterocycles. The topological polar surface area (TPSA) is 307 Å². The van der Waals surface area contributed by atoms with Gasteiger partial charge in [0.15, 0.2) is 18.9 Å². The van der Waals surface area contributed by atoms with E-state index in [1.807, 2.05) is 6.08 Å². The fourth-order valence-corrected chi connectivity index (χ4v) is 10.5. The summed E-state index contributed by atoms with van der Waals surface area (Å²) in [4.78, 5) is 13.2. The summed E-state index contributed by atoms with van der Waals surface area (Å²) in [5, 5.41) is 120. The quantitative estimate of drug-likeness (QED) is 0.0269. The maximum absolute atomic E-state index is 13.2. The highest BCUT2D eigenvalue weighted by molar-refractivity contribution is 5.76. The molecule has 0 aromatic carbocycles. The number of hydrogen-bond acceptors (Lipinski definition) is 18. The molecule has 19 nitrogen and oxygen atoms in total. The van der Waals surface area contributed by atoms with Gasteiger partial charge in [-0.1, -0.05) is 206 Å². The van der Waals surface area contributed by atoms with Gasteiger partial charge in [0.05, 0.1) is 38.6 Å². The number of hydrogen-bond donors (Lipinski definition) is 12. The average Bonchev–Trinajstić information content (AvgIpc) is 3.44. The molecule has 0 aliphatic carbocycles. The van der Waals surface area contributed by atoms with Crippen molar-refractivity contribution in [3.05, 3.63) is 12.2 Å². The second-order valence-electron chi connectivity index (χ2n) is 22.2. The van der Waals surface area contributed by atoms with Crippen molar-refractivity contribution in [2.45, 2.75) is 324 Å². The van der Waals surface area contributed by atoms with E-state index in [9.17, 15) is 61.0 Å². The Kier molecular flexibility index (Phi) is 38.4. The minimum absolute atomic E-state index is 0.248. The first-order chi connectivity index (χ1) is 37.3. The van der Waals surface area contributed by atoms with Crippen LogP contribution in [0, 0.1) is 0 Å². The van der Waals surface area contributed by atoms with Gasteiger partial charge in [0, 0.05) is 6.42 Å². The molecule has 12 N–H and O–H groups in total. The molecule has 3 aliphatic rings. The molecule has 0 radical (unpaired) electrons. The Morgan fingerprint density at radius 1 is 0.455 bits per heavy atom. The Labute approximate surface area is 461 Å². The minimum Gasteiger partial charge on any atom is -0.394 e. The molecular weight excluding hydrogens is 999 g/mol. The van der Waals surface area contributed by atoms with Crippen molar-refractivity contribution >= 4 is 5.91 Å². The molecule has 454 valence electrons. The predicted octanol–water partition coefficient (Wildman–Crippen LogP) is 5.38. The second kappa shape index (κ2) is 42.4. The van der Waals surface area contributed by atoms with E-state index in [0.29, 0.717) is 6.42 Å². The van der Waals surface area contributed by atoms with Crippen LogP contribution in [0.25, 0.3) is 0 Å². The number of unbranched alkanes of at least 4 members (excludes halogenated alkanes) is 29. The van der Waals surface area contributed by atoms with E-state index in [-0.39, 0.29) is 18.9 Å². The number of ether oxygens (including phenoxy) is 6. The van der Waals surface area contributed by atoms with Crippen LogP contribution in [0.5, 0.6) is 0 Å². The number of allylic oxidation sites excluding steroid dienone is 1. The number of carbonyl (C=O) groups is 1. The van der Waals surface area contributed by atoms with Crippen LogP contribution in [0.3, 0.4) is 0 Å². The van der Waals surface area contributed by atoms with Crippen LogP contribution >= 0.6 is 0 Å². The van der Waals surface area contributed by atoms with Gasteiger partial charge in [0.25, 0.3) is 0 Å². The lowest BCUT2D eigenvalue weighted by Gasteiger charge is -2.48. The molecule has 3 aliphatic heterocycles. The molecule has 0 spiro atoms. The third kappa shape index (κ3) is 26.5. The van der Waals surface area contributed by atoms with E-state index in [2.05, 4.69) is 19.2 Å². The molecule has 0 bridgehead atoms. The van der Waals surface area contributed by atoms with Gasteiger partial charge in [-0.25, -0.2) is 0 Å². The van der Waals surface area contributed by atoms with Gasteiger partial charge >= 0.3 is 0 Å². The monoisotopic (exact) mass is 1110 g/mol. The van der Waals surface area contributed by atoms with Crippen LogP contribution in [-0.4, -0.2) is 193 Å². The van der Waals surface area contributed by atoms with Gasteiger partial charge in [-0.15, -0.1) is 0 Å². The van der Waals surface area contributed by atoms with E-state index >= 15 is 0 Å². The van der Waals surface area contributed by atoms with Gasteiger partial charge in [-0.05, 0) is 19.3 Å². The zero-order chi connectivity index (χ0) is 56.2. The van der Waals surface area contributed by atoms with Crippen molar-refractivity contribution in [2.24, 2.45) is 0 Å². The van der Waals surface area contributed by atoms with Crippen molar-refractivity contribution in [3.63, 3.8) is 0 Å². The summed E-state index contributed by atoms with van der Waals surface area (Å²) in [6.07, 6.45) is 15.6. The van der Waals surface area contributed by atoms with Crippen molar-refractivity contribution in [2.75, 3.05) is 26.4 Å². The highest BCUT2D eigenvalue weighted by Gasteiger charge is 2.53. The first kappa shape index (κ1) is 69.8. The summed E-state index contributed by atoms with van der Waals surface area (Å²) < 4.78 is 34.1. The molecule has 19 heteroatoms. The smallest absolute Gasteiger partial charge is 0.220 e. The van der Waals surface area contributed by atoms with Gasteiger partial charge < -0.3 is 89.9 Å². The molecule has 3 heterocycles. The van der Waals surface area contributed by atoms with Gasteiger partial charge in [-0.2, -0.15) is 0 Å². The Bertz CT molecular complexity index is 1460. The van der Waals surface area contributed by atoms with Crippen molar-refractivity contribution < 1.29 is 89.4 Å². The predicted molar refractivity (Wildman–Crippen MR) is 291 cm³/mol. The SMILES string of the molecule is CCCCCC/C=C/C(O)C(COC1OC(CO)C(OC2OC(CO)C(OC3OC(CO)C(O)C(O)C3O)C(O)C2O)C(O)C1O)NC(=O)CCCCCCCCCCCCCCCCCCCCCCCCCCCC. The van der Waals surface area contributed by atoms with Crippen molar-refractivity contribution in [3.8, 4) is 0 Å². The number of rotatable bonds is 45. The highest BCUT2D eigenvalue weighted by Crippen LogP contribution is 2.33. The Morgan fingerprint density at radius 2 is 0.805 bits per heavy atom. The Hall–Kier alpha value is -1.47. The minimum atomic E-state index is -1.97. The highest BCUT2D eigenvalue weighted by atomic mass is 16.8. The summed E-state index contributed by atoms with van der Waals surface area (Å²) in [5.74, 6) is -0.277. The average molecular weight is 1110 g/mol. The fraction of sp³-hybridized carbons (Fsp3) is 0.948. The standard InChI is InChI=1S/C58H109NO18/c1-3-5-7-9-11-12-13-14-15-16-17-18-19-20-21-22-23-24-25-26-27-28-29-30-32-34-36-46(64)59-41(42(63)35-33-31-10-8-6-4-2)40-72-56-52(70)49(67)54(44(38-61)74-56)77-58-53(71)50(68)55(45(39-62)75-58)76-57-51(69)48(66)47(65)43(37-60)73-57/h33,35,41-45,47-58,60-63,65-71H,3-32,34,36-40H2,1-2H3,(H,59,64)/b35-33+. The Balaban J connectivity index is 1.36. The first-order valence-corrected chi connectivity index (χ1v) is 30.4. The zero-order valence-electron chi connectivity index (χ0n) is 47.2. The first-order valence-electron chi connectivity index (χ1n) is 30.4. The molecule has 3 saturated heterocycles. The molecule has 3 rings (SSSR count). The van der Waals surface area contributed by atoms with Crippen LogP contribution in [0.1, 0.15) is 219 Å². The summed E-state index contributed by atoms with van der Waals surface area (Å²) >= 11 is 0. The largest absolute Gasteiger partial charge is 0.394 e. The summed E-state index contributed by atoms with van der Waals surface area (Å²) in [6, 6.07) is -0.964. The number of nitrogens with one attached hydrogen (secondary N) is 1. The summed E-state index contributed by atoms with van der Waals surface area (Å²) in [6.45, 7) is 1.64. The molecule has 1 amide bonds. The lowest BCUT2D eigenvalue weighted by atomic mass is 9.96. The molecule has 17 atom stereocenters. The fourth-order valence-electron chi connectivity index (χ4n) is 10.5. The molecule has 0 aromatic rings. The zero-order valence-corrected chi connectivity index (χ0v) is 47.2. The Morgan fingerprint density at radius 3 is 1.22 bits per heavy atom. The van der Waals surface area contributed by atoms with Crippen molar-refractivity contribution in [1.82, 2.24) is 5.32 Å².